The van der Waals surface area contributed by atoms with Crippen LogP contribution in [0.4, 0.5) is 0 Å². The maximum atomic E-state index is 5.45. The first kappa shape index (κ1) is 13.3. The van der Waals surface area contributed by atoms with Gasteiger partial charge in [0, 0.05) is 44.9 Å². The first-order chi connectivity index (χ1) is 8.29. The van der Waals surface area contributed by atoms with Crippen molar-refractivity contribution in [1.82, 2.24) is 15.5 Å². The summed E-state index contributed by atoms with van der Waals surface area (Å²) in [5.41, 5.74) is 0. The van der Waals surface area contributed by atoms with Gasteiger partial charge in [-0.2, -0.15) is 0 Å². The van der Waals surface area contributed by atoms with Gasteiger partial charge in [-0.15, -0.1) is 0 Å². The fourth-order valence-electron chi connectivity index (χ4n) is 3.12. The number of nitrogens with zero attached hydrogens (tertiary/aromatic N) is 1. The molecule has 17 heavy (non-hydrogen) atoms. The van der Waals surface area contributed by atoms with Crippen molar-refractivity contribution in [2.45, 2.75) is 31.3 Å². The molecule has 0 aromatic rings. The summed E-state index contributed by atoms with van der Waals surface area (Å²) < 4.78 is 5.45. The average Bonchev–Trinajstić information content (AvgIpc) is 2.37. The monoisotopic (exact) mass is 241 g/mol. The summed E-state index contributed by atoms with van der Waals surface area (Å²) in [5.74, 6) is 0.794. The van der Waals surface area contributed by atoms with Gasteiger partial charge in [0.15, 0.2) is 0 Å². The van der Waals surface area contributed by atoms with Gasteiger partial charge in [0.1, 0.15) is 0 Å². The molecule has 0 bridgehead atoms. The summed E-state index contributed by atoms with van der Waals surface area (Å²) in [4.78, 5) is 2.43. The van der Waals surface area contributed by atoms with Crippen LogP contribution in [0.2, 0.25) is 0 Å². The third-order valence-corrected chi connectivity index (χ3v) is 4.20. The Morgan fingerprint density at radius 3 is 2.82 bits per heavy atom. The number of likely N-dealkylation sites (N-methyl/N-ethyl adjacent to an activating group) is 1. The maximum absolute atomic E-state index is 5.45. The highest BCUT2D eigenvalue weighted by Crippen LogP contribution is 2.22. The highest BCUT2D eigenvalue weighted by Gasteiger charge is 2.27. The smallest absolute Gasteiger partial charge is 0.0469 e. The lowest BCUT2D eigenvalue weighted by Gasteiger charge is -2.36. The maximum Gasteiger partial charge on any atom is 0.0469 e. The van der Waals surface area contributed by atoms with Gasteiger partial charge in [0.2, 0.25) is 0 Å². The van der Waals surface area contributed by atoms with Gasteiger partial charge in [0.25, 0.3) is 0 Å². The van der Waals surface area contributed by atoms with Gasteiger partial charge in [-0.05, 0) is 39.3 Å². The Morgan fingerprint density at radius 1 is 1.41 bits per heavy atom. The third kappa shape index (κ3) is 3.91. The minimum absolute atomic E-state index is 0.642. The van der Waals surface area contributed by atoms with E-state index in [0.717, 1.165) is 25.7 Å². The molecule has 0 spiro atoms. The summed E-state index contributed by atoms with van der Waals surface area (Å²) in [6.45, 7) is 5.38. The molecule has 2 unspecified atom stereocenters. The number of hydrogen-bond acceptors (Lipinski definition) is 4. The molecule has 2 heterocycles. The Bertz CT molecular complexity index is 219. The molecule has 0 aliphatic carbocycles. The van der Waals surface area contributed by atoms with E-state index >= 15 is 0 Å². The van der Waals surface area contributed by atoms with E-state index in [0.29, 0.717) is 12.1 Å². The van der Waals surface area contributed by atoms with Gasteiger partial charge in [-0.1, -0.05) is 0 Å². The largest absolute Gasteiger partial charge is 0.381 e. The predicted molar refractivity (Wildman–Crippen MR) is 70.3 cm³/mol. The Hall–Kier alpha value is -0.160. The summed E-state index contributed by atoms with van der Waals surface area (Å²) in [6.07, 6.45) is 3.67. The van der Waals surface area contributed by atoms with Crippen LogP contribution in [0.25, 0.3) is 0 Å². The minimum Gasteiger partial charge on any atom is -0.381 e. The van der Waals surface area contributed by atoms with Gasteiger partial charge in [-0.3, -0.25) is 0 Å². The van der Waals surface area contributed by atoms with Crippen LogP contribution in [0.1, 0.15) is 19.3 Å². The first-order valence-electron chi connectivity index (χ1n) is 6.96. The van der Waals surface area contributed by atoms with Gasteiger partial charge < -0.3 is 20.3 Å². The number of nitrogens with one attached hydrogen (secondary N) is 2. The Kier molecular flexibility index (Phi) is 5.22. The van der Waals surface area contributed by atoms with Crippen molar-refractivity contribution in [3.63, 3.8) is 0 Å². The molecule has 2 fully saturated rings. The molecular weight excluding hydrogens is 214 g/mol. The fraction of sp³-hybridized carbons (Fsp3) is 1.00. The van der Waals surface area contributed by atoms with E-state index in [2.05, 4.69) is 29.6 Å². The Labute approximate surface area is 105 Å². The zero-order chi connectivity index (χ0) is 12.1. The van der Waals surface area contributed by atoms with Crippen LogP contribution in [0.5, 0.6) is 0 Å². The summed E-state index contributed by atoms with van der Waals surface area (Å²) in [6, 6.07) is 1.29. The Morgan fingerprint density at radius 2 is 2.18 bits per heavy atom. The van der Waals surface area contributed by atoms with Crippen molar-refractivity contribution < 1.29 is 4.74 Å². The highest BCUT2D eigenvalue weighted by atomic mass is 16.5. The molecule has 2 rings (SSSR count). The van der Waals surface area contributed by atoms with Crippen molar-refractivity contribution in [1.29, 1.82) is 0 Å². The van der Waals surface area contributed by atoms with Gasteiger partial charge in [-0.25, -0.2) is 0 Å². The van der Waals surface area contributed by atoms with E-state index in [9.17, 15) is 0 Å². The molecule has 0 radical (unpaired) electrons. The van der Waals surface area contributed by atoms with Gasteiger partial charge >= 0.3 is 0 Å². The van der Waals surface area contributed by atoms with Crippen molar-refractivity contribution in [2.24, 2.45) is 5.92 Å². The van der Waals surface area contributed by atoms with E-state index in [1.54, 1.807) is 0 Å². The molecule has 100 valence electrons. The standard InChI is InChI=1S/C13H27N3O/c1-14-13(11-3-7-17-8-4-11)9-12-10-16(2)6-5-15-12/h11-15H,3-10H2,1-2H3. The lowest BCUT2D eigenvalue weighted by molar-refractivity contribution is 0.0508. The number of ether oxygens (including phenoxy) is 1. The van der Waals surface area contributed by atoms with Crippen molar-refractivity contribution >= 4 is 0 Å². The fourth-order valence-corrected chi connectivity index (χ4v) is 3.12. The van der Waals surface area contributed by atoms with Crippen molar-refractivity contribution in [3.8, 4) is 0 Å². The molecule has 2 atom stereocenters. The van der Waals surface area contributed by atoms with Crippen LogP contribution in [0.15, 0.2) is 0 Å². The van der Waals surface area contributed by atoms with E-state index < -0.39 is 0 Å². The second-order valence-corrected chi connectivity index (χ2v) is 5.49. The molecule has 4 nitrogen and oxygen atoms in total. The van der Waals surface area contributed by atoms with Crippen molar-refractivity contribution in [3.05, 3.63) is 0 Å². The van der Waals surface area contributed by atoms with Crippen LogP contribution in [0, 0.1) is 5.92 Å². The molecule has 0 aromatic heterocycles. The molecule has 2 saturated heterocycles. The zero-order valence-corrected chi connectivity index (χ0v) is 11.2. The lowest BCUT2D eigenvalue weighted by Crippen LogP contribution is -2.52. The van der Waals surface area contributed by atoms with Crippen molar-refractivity contribution in [2.75, 3.05) is 46.9 Å². The van der Waals surface area contributed by atoms with E-state index in [-0.39, 0.29) is 0 Å². The predicted octanol–water partition coefficient (Wildman–Crippen LogP) is 0.295. The minimum atomic E-state index is 0.642. The van der Waals surface area contributed by atoms with E-state index in [1.165, 1.54) is 32.4 Å². The lowest BCUT2D eigenvalue weighted by atomic mass is 9.87. The molecule has 0 aromatic carbocycles. The second-order valence-electron chi connectivity index (χ2n) is 5.49. The zero-order valence-electron chi connectivity index (χ0n) is 11.2. The summed E-state index contributed by atoms with van der Waals surface area (Å²) >= 11 is 0. The number of piperazine rings is 1. The van der Waals surface area contributed by atoms with E-state index in [4.69, 9.17) is 4.74 Å². The highest BCUT2D eigenvalue weighted by molar-refractivity contribution is 4.85. The number of rotatable bonds is 4. The molecular formula is C13H27N3O. The van der Waals surface area contributed by atoms with Crippen LogP contribution >= 0.6 is 0 Å². The Balaban J connectivity index is 1.81. The van der Waals surface area contributed by atoms with Crippen LogP contribution in [0.3, 0.4) is 0 Å². The quantitative estimate of drug-likeness (QED) is 0.742. The average molecular weight is 241 g/mol. The molecule has 2 N–H and O–H groups in total. The van der Waals surface area contributed by atoms with Crippen LogP contribution in [-0.4, -0.2) is 63.9 Å². The normalized spacial score (nSPS) is 30.4. The van der Waals surface area contributed by atoms with Crippen LogP contribution < -0.4 is 10.6 Å². The van der Waals surface area contributed by atoms with Crippen LogP contribution in [-0.2, 0) is 4.74 Å². The number of hydrogen-bond donors (Lipinski definition) is 2. The summed E-state index contributed by atoms with van der Waals surface area (Å²) in [7, 11) is 4.32. The molecule has 2 aliphatic rings. The van der Waals surface area contributed by atoms with Gasteiger partial charge in [0.05, 0.1) is 0 Å². The SMILES string of the molecule is CNC(CC1CN(C)CCN1)C1CCOCC1. The molecule has 2 aliphatic heterocycles. The molecule has 4 heteroatoms. The third-order valence-electron chi connectivity index (χ3n) is 4.20. The molecule has 0 amide bonds. The second kappa shape index (κ2) is 6.69. The first-order valence-corrected chi connectivity index (χ1v) is 6.96. The molecule has 0 saturated carbocycles. The summed E-state index contributed by atoms with van der Waals surface area (Å²) in [5, 5.41) is 7.16. The van der Waals surface area contributed by atoms with E-state index in [1.807, 2.05) is 0 Å². The topological polar surface area (TPSA) is 36.5 Å².